The molecule has 1 amide bonds. The van der Waals surface area contributed by atoms with Gasteiger partial charge in [-0.1, -0.05) is 30.3 Å². The summed E-state index contributed by atoms with van der Waals surface area (Å²) in [7, 11) is 0. The first kappa shape index (κ1) is 16.2. The van der Waals surface area contributed by atoms with Crippen LogP contribution in [0.2, 0.25) is 0 Å². The number of fused-ring (bicyclic) bond motifs is 1. The van der Waals surface area contributed by atoms with Gasteiger partial charge in [0.25, 0.3) is 5.91 Å². The predicted molar refractivity (Wildman–Crippen MR) is 96.5 cm³/mol. The standard InChI is InChI=1S/C19H17NO3S/c1-12-6-5-8-15(10-12)20-18(21)13(2)23-19(22)17-11-14-7-3-4-9-16(14)24-17/h3-11,13H,1-2H3,(H,20,21)/t13-/m0/s1. The van der Waals surface area contributed by atoms with Crippen molar-refractivity contribution in [3.8, 4) is 0 Å². The van der Waals surface area contributed by atoms with E-state index in [0.717, 1.165) is 15.6 Å². The van der Waals surface area contributed by atoms with Crippen LogP contribution in [0.15, 0.2) is 54.6 Å². The highest BCUT2D eigenvalue weighted by molar-refractivity contribution is 7.20. The molecule has 0 bridgehead atoms. The Bertz CT molecular complexity index is 867. The number of rotatable bonds is 4. The fraction of sp³-hybridized carbons (Fsp3) is 0.158. The topological polar surface area (TPSA) is 55.4 Å². The highest BCUT2D eigenvalue weighted by atomic mass is 32.1. The Balaban J connectivity index is 1.65. The number of nitrogens with one attached hydrogen (secondary N) is 1. The summed E-state index contributed by atoms with van der Waals surface area (Å²) < 4.78 is 6.30. The molecule has 2 aromatic carbocycles. The summed E-state index contributed by atoms with van der Waals surface area (Å²) in [5.74, 6) is -0.835. The average molecular weight is 339 g/mol. The van der Waals surface area contributed by atoms with E-state index in [1.165, 1.54) is 11.3 Å². The molecule has 0 spiro atoms. The van der Waals surface area contributed by atoms with Crippen LogP contribution in [-0.4, -0.2) is 18.0 Å². The molecule has 1 atom stereocenters. The van der Waals surface area contributed by atoms with Gasteiger partial charge in [0.05, 0.1) is 0 Å². The molecule has 0 fully saturated rings. The number of hydrogen-bond donors (Lipinski definition) is 1. The summed E-state index contributed by atoms with van der Waals surface area (Å²) in [6, 6.07) is 17.0. The van der Waals surface area contributed by atoms with Crippen LogP contribution in [0, 0.1) is 6.92 Å². The van der Waals surface area contributed by atoms with E-state index in [-0.39, 0.29) is 5.91 Å². The van der Waals surface area contributed by atoms with Crippen LogP contribution in [0.4, 0.5) is 5.69 Å². The van der Waals surface area contributed by atoms with Gasteiger partial charge in [-0.05, 0) is 49.1 Å². The summed E-state index contributed by atoms with van der Waals surface area (Å²) in [6.45, 7) is 3.51. The van der Waals surface area contributed by atoms with Gasteiger partial charge in [-0.25, -0.2) is 4.79 Å². The van der Waals surface area contributed by atoms with Crippen molar-refractivity contribution in [2.24, 2.45) is 0 Å². The number of hydrogen-bond acceptors (Lipinski definition) is 4. The first-order valence-corrected chi connectivity index (χ1v) is 8.41. The number of benzene rings is 2. The Hall–Kier alpha value is -2.66. The molecule has 3 rings (SSSR count). The predicted octanol–water partition coefficient (Wildman–Crippen LogP) is 4.39. The fourth-order valence-corrected chi connectivity index (χ4v) is 3.27. The lowest BCUT2D eigenvalue weighted by atomic mass is 10.2. The maximum atomic E-state index is 12.2. The van der Waals surface area contributed by atoms with Crippen LogP contribution in [0.1, 0.15) is 22.2 Å². The Kier molecular flexibility index (Phi) is 4.62. The second-order valence-electron chi connectivity index (χ2n) is 5.55. The van der Waals surface area contributed by atoms with Gasteiger partial charge in [0.1, 0.15) is 4.88 Å². The number of anilines is 1. The minimum absolute atomic E-state index is 0.352. The second-order valence-corrected chi connectivity index (χ2v) is 6.64. The highest BCUT2D eigenvalue weighted by Gasteiger charge is 2.20. The third-order valence-electron chi connectivity index (χ3n) is 3.57. The quantitative estimate of drug-likeness (QED) is 0.717. The number of thiophene rings is 1. The smallest absolute Gasteiger partial charge is 0.349 e. The minimum Gasteiger partial charge on any atom is -0.448 e. The molecule has 5 heteroatoms. The van der Waals surface area contributed by atoms with Crippen molar-refractivity contribution in [2.45, 2.75) is 20.0 Å². The van der Waals surface area contributed by atoms with E-state index >= 15 is 0 Å². The SMILES string of the molecule is Cc1cccc(NC(=O)[C@H](C)OC(=O)c2cc3ccccc3s2)c1. The molecule has 0 saturated carbocycles. The molecular formula is C19H17NO3S. The van der Waals surface area contributed by atoms with Gasteiger partial charge in [0.15, 0.2) is 6.10 Å². The lowest BCUT2D eigenvalue weighted by molar-refractivity contribution is -0.123. The third-order valence-corrected chi connectivity index (χ3v) is 4.66. The fourth-order valence-electron chi connectivity index (χ4n) is 2.32. The Morgan fingerprint density at radius 3 is 2.62 bits per heavy atom. The van der Waals surface area contributed by atoms with E-state index in [9.17, 15) is 9.59 Å². The number of aryl methyl sites for hydroxylation is 1. The van der Waals surface area contributed by atoms with Crippen LogP contribution < -0.4 is 5.32 Å². The maximum absolute atomic E-state index is 12.2. The van der Waals surface area contributed by atoms with Gasteiger partial charge in [0.2, 0.25) is 0 Å². The van der Waals surface area contributed by atoms with Gasteiger partial charge in [-0.3, -0.25) is 4.79 Å². The molecule has 0 aliphatic heterocycles. The zero-order chi connectivity index (χ0) is 17.1. The third kappa shape index (κ3) is 3.63. The van der Waals surface area contributed by atoms with Crippen LogP contribution >= 0.6 is 11.3 Å². The molecule has 0 unspecified atom stereocenters. The molecule has 4 nitrogen and oxygen atoms in total. The van der Waals surface area contributed by atoms with Gasteiger partial charge in [-0.2, -0.15) is 0 Å². The number of amides is 1. The molecular weight excluding hydrogens is 322 g/mol. The summed E-state index contributed by atoms with van der Waals surface area (Å²) in [5, 5.41) is 3.75. The average Bonchev–Trinajstić information content (AvgIpc) is 2.99. The van der Waals surface area contributed by atoms with Crippen molar-refractivity contribution in [3.05, 3.63) is 65.0 Å². The summed E-state index contributed by atoms with van der Waals surface area (Å²) in [5.41, 5.74) is 1.73. The number of carbonyl (C=O) groups is 2. The van der Waals surface area contributed by atoms with Gasteiger partial charge >= 0.3 is 5.97 Å². The van der Waals surface area contributed by atoms with Crippen molar-refractivity contribution < 1.29 is 14.3 Å². The number of ether oxygens (including phenoxy) is 1. The highest BCUT2D eigenvalue weighted by Crippen LogP contribution is 2.26. The molecule has 0 radical (unpaired) electrons. The second kappa shape index (κ2) is 6.84. The van der Waals surface area contributed by atoms with Crippen LogP contribution in [0.25, 0.3) is 10.1 Å². The Labute approximate surface area is 144 Å². The minimum atomic E-state index is -0.872. The normalized spacial score (nSPS) is 11.9. The molecule has 0 aliphatic carbocycles. The van der Waals surface area contributed by atoms with Crippen molar-refractivity contribution >= 4 is 39.0 Å². The van der Waals surface area contributed by atoms with Gasteiger partial charge in [0, 0.05) is 10.4 Å². The molecule has 1 aromatic heterocycles. The molecule has 1 heterocycles. The molecule has 0 aliphatic rings. The largest absolute Gasteiger partial charge is 0.448 e. The molecule has 3 aromatic rings. The summed E-state index contributed by atoms with van der Waals surface area (Å²) in [6.07, 6.45) is -0.872. The van der Waals surface area contributed by atoms with Gasteiger partial charge < -0.3 is 10.1 Å². The summed E-state index contributed by atoms with van der Waals surface area (Å²) >= 11 is 1.36. The van der Waals surface area contributed by atoms with E-state index in [0.29, 0.717) is 10.6 Å². The lowest BCUT2D eigenvalue weighted by Crippen LogP contribution is -2.29. The monoisotopic (exact) mass is 339 g/mol. The molecule has 122 valence electrons. The van der Waals surface area contributed by atoms with Crippen molar-refractivity contribution in [1.82, 2.24) is 0 Å². The van der Waals surface area contributed by atoms with E-state index < -0.39 is 12.1 Å². The maximum Gasteiger partial charge on any atom is 0.349 e. The van der Waals surface area contributed by atoms with Crippen molar-refractivity contribution in [1.29, 1.82) is 0 Å². The molecule has 0 saturated heterocycles. The number of esters is 1. The van der Waals surface area contributed by atoms with E-state index in [1.54, 1.807) is 19.1 Å². The van der Waals surface area contributed by atoms with Crippen LogP contribution in [0.5, 0.6) is 0 Å². The van der Waals surface area contributed by atoms with Gasteiger partial charge in [-0.15, -0.1) is 11.3 Å². The molecule has 1 N–H and O–H groups in total. The van der Waals surface area contributed by atoms with Crippen LogP contribution in [0.3, 0.4) is 0 Å². The lowest BCUT2D eigenvalue weighted by Gasteiger charge is -2.13. The number of carbonyl (C=O) groups excluding carboxylic acids is 2. The molecule has 24 heavy (non-hydrogen) atoms. The summed E-state index contributed by atoms with van der Waals surface area (Å²) in [4.78, 5) is 24.9. The zero-order valence-electron chi connectivity index (χ0n) is 13.4. The Morgan fingerprint density at radius 1 is 1.08 bits per heavy atom. The first-order chi connectivity index (χ1) is 11.5. The van der Waals surface area contributed by atoms with Crippen molar-refractivity contribution in [2.75, 3.05) is 5.32 Å². The first-order valence-electron chi connectivity index (χ1n) is 7.60. The van der Waals surface area contributed by atoms with E-state index in [1.807, 2.05) is 49.4 Å². The Morgan fingerprint density at radius 2 is 1.88 bits per heavy atom. The van der Waals surface area contributed by atoms with E-state index in [4.69, 9.17) is 4.74 Å². The van der Waals surface area contributed by atoms with E-state index in [2.05, 4.69) is 5.32 Å². The zero-order valence-corrected chi connectivity index (χ0v) is 14.2. The van der Waals surface area contributed by atoms with Crippen molar-refractivity contribution in [3.63, 3.8) is 0 Å². The van der Waals surface area contributed by atoms with Crippen LogP contribution in [-0.2, 0) is 9.53 Å².